The molecule has 2 heterocycles. The SMILES string of the molecule is CC(C)(C)C(O)CNC(=O)c1cnn2cc(Br)cnc12. The molecule has 0 radical (unpaired) electrons. The van der Waals surface area contributed by atoms with Crippen LogP contribution in [0, 0.1) is 5.41 Å². The molecule has 0 aromatic carbocycles. The number of rotatable bonds is 3. The monoisotopic (exact) mass is 340 g/mol. The summed E-state index contributed by atoms with van der Waals surface area (Å²) in [6, 6.07) is 0. The Balaban J connectivity index is 2.12. The van der Waals surface area contributed by atoms with Crippen molar-refractivity contribution in [1.29, 1.82) is 0 Å². The van der Waals surface area contributed by atoms with Gasteiger partial charge in [-0.1, -0.05) is 20.8 Å². The van der Waals surface area contributed by atoms with Crippen molar-refractivity contribution < 1.29 is 9.90 Å². The third kappa shape index (κ3) is 3.16. The van der Waals surface area contributed by atoms with Crippen LogP contribution >= 0.6 is 15.9 Å². The Hall–Kier alpha value is -1.47. The van der Waals surface area contributed by atoms with Gasteiger partial charge in [-0.15, -0.1) is 0 Å². The average Bonchev–Trinajstić information content (AvgIpc) is 2.77. The predicted molar refractivity (Wildman–Crippen MR) is 78.5 cm³/mol. The fourth-order valence-corrected chi connectivity index (χ4v) is 1.90. The Morgan fingerprint density at radius 1 is 1.50 bits per heavy atom. The molecule has 2 rings (SSSR count). The summed E-state index contributed by atoms with van der Waals surface area (Å²) in [5.41, 5.74) is 0.590. The van der Waals surface area contributed by atoms with Gasteiger partial charge in [0.1, 0.15) is 5.56 Å². The normalized spacial score (nSPS) is 13.4. The van der Waals surface area contributed by atoms with E-state index in [1.165, 1.54) is 10.7 Å². The zero-order valence-electron chi connectivity index (χ0n) is 11.6. The zero-order chi connectivity index (χ0) is 14.9. The highest BCUT2D eigenvalue weighted by Gasteiger charge is 2.23. The molecule has 1 unspecified atom stereocenters. The van der Waals surface area contributed by atoms with Gasteiger partial charge in [0.25, 0.3) is 5.91 Å². The van der Waals surface area contributed by atoms with Crippen LogP contribution in [0.2, 0.25) is 0 Å². The summed E-state index contributed by atoms with van der Waals surface area (Å²) in [4.78, 5) is 16.3. The second kappa shape index (κ2) is 5.49. The van der Waals surface area contributed by atoms with E-state index in [-0.39, 0.29) is 17.9 Å². The summed E-state index contributed by atoms with van der Waals surface area (Å²) in [6.07, 6.45) is 4.18. The van der Waals surface area contributed by atoms with Gasteiger partial charge in [0, 0.05) is 18.9 Å². The molecule has 7 heteroatoms. The van der Waals surface area contributed by atoms with Crippen LogP contribution in [-0.4, -0.2) is 38.3 Å². The van der Waals surface area contributed by atoms with Gasteiger partial charge in [0.2, 0.25) is 0 Å². The van der Waals surface area contributed by atoms with Gasteiger partial charge >= 0.3 is 0 Å². The van der Waals surface area contributed by atoms with Gasteiger partial charge in [-0.2, -0.15) is 5.10 Å². The first-order valence-corrected chi connectivity index (χ1v) is 7.03. The summed E-state index contributed by atoms with van der Waals surface area (Å²) in [5.74, 6) is -0.293. The third-order valence-corrected chi connectivity index (χ3v) is 3.43. The summed E-state index contributed by atoms with van der Waals surface area (Å²) >= 11 is 3.29. The standard InChI is InChI=1S/C13H17BrN4O2/c1-13(2,3)10(19)6-16-12(20)9-5-17-18-7-8(14)4-15-11(9)18/h4-5,7,10,19H,6H2,1-3H3,(H,16,20). The van der Waals surface area contributed by atoms with E-state index in [1.807, 2.05) is 20.8 Å². The molecular weight excluding hydrogens is 324 g/mol. The van der Waals surface area contributed by atoms with E-state index in [0.717, 1.165) is 4.47 Å². The molecule has 0 fully saturated rings. The van der Waals surface area contributed by atoms with Gasteiger partial charge in [-0.05, 0) is 21.3 Å². The number of halogens is 1. The van der Waals surface area contributed by atoms with Crippen LogP contribution in [0.4, 0.5) is 0 Å². The van der Waals surface area contributed by atoms with Crippen molar-refractivity contribution in [2.45, 2.75) is 26.9 Å². The Morgan fingerprint density at radius 2 is 2.20 bits per heavy atom. The highest BCUT2D eigenvalue weighted by molar-refractivity contribution is 9.10. The van der Waals surface area contributed by atoms with E-state index in [2.05, 4.69) is 31.3 Å². The molecule has 0 aliphatic carbocycles. The number of fused-ring (bicyclic) bond motifs is 1. The number of nitrogens with one attached hydrogen (secondary N) is 1. The largest absolute Gasteiger partial charge is 0.391 e. The lowest BCUT2D eigenvalue weighted by Gasteiger charge is -2.25. The lowest BCUT2D eigenvalue weighted by molar-refractivity contribution is 0.0587. The molecule has 1 atom stereocenters. The van der Waals surface area contributed by atoms with E-state index in [4.69, 9.17) is 0 Å². The Morgan fingerprint density at radius 3 is 2.85 bits per heavy atom. The van der Waals surface area contributed by atoms with Crippen molar-refractivity contribution >= 4 is 27.5 Å². The first-order chi connectivity index (χ1) is 9.29. The molecule has 0 spiro atoms. The second-order valence-electron chi connectivity index (χ2n) is 5.69. The fraction of sp³-hybridized carbons (Fsp3) is 0.462. The smallest absolute Gasteiger partial charge is 0.256 e. The Bertz CT molecular complexity index is 633. The number of hydrogen-bond donors (Lipinski definition) is 2. The number of carbonyl (C=O) groups is 1. The van der Waals surface area contributed by atoms with E-state index < -0.39 is 6.10 Å². The number of carbonyl (C=O) groups excluding carboxylic acids is 1. The molecule has 2 aromatic rings. The number of aromatic nitrogens is 3. The van der Waals surface area contributed by atoms with Crippen molar-refractivity contribution in [2.24, 2.45) is 5.41 Å². The summed E-state index contributed by atoms with van der Waals surface area (Å²) in [5, 5.41) is 16.7. The van der Waals surface area contributed by atoms with E-state index >= 15 is 0 Å². The molecule has 0 bridgehead atoms. The van der Waals surface area contributed by atoms with E-state index in [1.54, 1.807) is 12.4 Å². The molecule has 0 aliphatic heterocycles. The minimum atomic E-state index is -0.615. The van der Waals surface area contributed by atoms with Gasteiger partial charge in [0.05, 0.1) is 16.8 Å². The summed E-state index contributed by atoms with van der Waals surface area (Å²) < 4.78 is 2.31. The summed E-state index contributed by atoms with van der Waals surface area (Å²) in [7, 11) is 0. The lowest BCUT2D eigenvalue weighted by Crippen LogP contribution is -2.39. The molecule has 0 saturated heterocycles. The number of hydrogen-bond acceptors (Lipinski definition) is 4. The first-order valence-electron chi connectivity index (χ1n) is 6.24. The minimum absolute atomic E-state index is 0.191. The van der Waals surface area contributed by atoms with Crippen LogP contribution in [0.15, 0.2) is 23.1 Å². The summed E-state index contributed by atoms with van der Waals surface area (Å²) in [6.45, 7) is 5.94. The van der Waals surface area contributed by atoms with Crippen molar-refractivity contribution in [3.05, 3.63) is 28.6 Å². The van der Waals surface area contributed by atoms with Crippen LogP contribution in [0.25, 0.3) is 5.65 Å². The Kier molecular flexibility index (Phi) is 4.10. The van der Waals surface area contributed by atoms with Crippen LogP contribution in [-0.2, 0) is 0 Å². The average molecular weight is 341 g/mol. The number of aliphatic hydroxyl groups excluding tert-OH is 1. The van der Waals surface area contributed by atoms with Crippen molar-refractivity contribution in [2.75, 3.05) is 6.54 Å². The molecule has 0 aliphatic rings. The fourth-order valence-electron chi connectivity index (χ4n) is 1.60. The maximum Gasteiger partial charge on any atom is 0.256 e. The molecule has 108 valence electrons. The van der Waals surface area contributed by atoms with E-state index in [9.17, 15) is 9.90 Å². The van der Waals surface area contributed by atoms with Gasteiger partial charge < -0.3 is 10.4 Å². The van der Waals surface area contributed by atoms with Gasteiger partial charge in [-0.25, -0.2) is 9.50 Å². The van der Waals surface area contributed by atoms with Crippen LogP contribution in [0.3, 0.4) is 0 Å². The zero-order valence-corrected chi connectivity index (χ0v) is 13.2. The minimum Gasteiger partial charge on any atom is -0.391 e. The van der Waals surface area contributed by atoms with E-state index in [0.29, 0.717) is 11.2 Å². The van der Waals surface area contributed by atoms with Crippen molar-refractivity contribution in [1.82, 2.24) is 19.9 Å². The molecule has 6 nitrogen and oxygen atoms in total. The molecule has 0 saturated carbocycles. The number of amides is 1. The van der Waals surface area contributed by atoms with Crippen LogP contribution < -0.4 is 5.32 Å². The number of aliphatic hydroxyl groups is 1. The second-order valence-corrected chi connectivity index (χ2v) is 6.61. The molecule has 1 amide bonds. The lowest BCUT2D eigenvalue weighted by atomic mass is 9.89. The van der Waals surface area contributed by atoms with Crippen LogP contribution in [0.5, 0.6) is 0 Å². The van der Waals surface area contributed by atoms with Crippen molar-refractivity contribution in [3.8, 4) is 0 Å². The molecule has 20 heavy (non-hydrogen) atoms. The van der Waals surface area contributed by atoms with Gasteiger partial charge in [0.15, 0.2) is 5.65 Å². The third-order valence-electron chi connectivity index (χ3n) is 3.03. The first kappa shape index (κ1) is 14.9. The van der Waals surface area contributed by atoms with Crippen molar-refractivity contribution in [3.63, 3.8) is 0 Å². The molecular formula is C13H17BrN4O2. The predicted octanol–water partition coefficient (Wildman–Crippen LogP) is 1.63. The topological polar surface area (TPSA) is 79.5 Å². The highest BCUT2D eigenvalue weighted by Crippen LogP contribution is 2.18. The molecule has 2 aromatic heterocycles. The maximum atomic E-state index is 12.1. The molecule has 2 N–H and O–H groups in total. The number of nitrogens with zero attached hydrogens (tertiary/aromatic N) is 3. The van der Waals surface area contributed by atoms with Crippen LogP contribution in [0.1, 0.15) is 31.1 Å². The quantitative estimate of drug-likeness (QED) is 0.889. The highest BCUT2D eigenvalue weighted by atomic mass is 79.9. The van der Waals surface area contributed by atoms with Gasteiger partial charge in [-0.3, -0.25) is 4.79 Å². The Labute approximate surface area is 125 Å². The maximum absolute atomic E-state index is 12.1.